The Balaban J connectivity index is 1.40. The van der Waals surface area contributed by atoms with Gasteiger partial charge in [-0.15, -0.1) is 11.3 Å². The molecule has 0 atom stereocenters. The molecule has 0 radical (unpaired) electrons. The van der Waals surface area contributed by atoms with E-state index in [2.05, 4.69) is 45.6 Å². The summed E-state index contributed by atoms with van der Waals surface area (Å²) in [5, 5.41) is 6.64. The van der Waals surface area contributed by atoms with E-state index in [4.69, 9.17) is 11.6 Å². The molecule has 2 heterocycles. The Morgan fingerprint density at radius 1 is 0.968 bits per heavy atom. The highest BCUT2D eigenvalue weighted by atomic mass is 35.5. The van der Waals surface area contributed by atoms with Gasteiger partial charge in [0, 0.05) is 39.3 Å². The quantitative estimate of drug-likeness (QED) is 0.250. The van der Waals surface area contributed by atoms with Crippen LogP contribution in [0.25, 0.3) is 21.0 Å². The van der Waals surface area contributed by atoms with Gasteiger partial charge in [-0.25, -0.2) is 5.43 Å². The molecule has 5 aromatic rings. The van der Waals surface area contributed by atoms with Crippen molar-refractivity contribution in [3.63, 3.8) is 0 Å². The number of hydrogen-bond acceptors (Lipinski definition) is 3. The van der Waals surface area contributed by atoms with Crippen LogP contribution in [0.4, 0.5) is 0 Å². The van der Waals surface area contributed by atoms with Crippen LogP contribution in [-0.2, 0) is 6.54 Å². The highest BCUT2D eigenvalue weighted by Crippen LogP contribution is 2.35. The van der Waals surface area contributed by atoms with E-state index in [-0.39, 0.29) is 5.91 Å². The number of nitrogens with one attached hydrogen (secondary N) is 1. The molecule has 6 heteroatoms. The van der Waals surface area contributed by atoms with Gasteiger partial charge in [-0.2, -0.15) is 5.10 Å². The highest BCUT2D eigenvalue weighted by Gasteiger charge is 2.16. The molecule has 4 nitrogen and oxygen atoms in total. The number of para-hydroxylation sites is 1. The molecule has 0 aliphatic carbocycles. The molecule has 0 saturated heterocycles. The summed E-state index contributed by atoms with van der Waals surface area (Å²) in [6.07, 6.45) is 3.74. The van der Waals surface area contributed by atoms with Crippen molar-refractivity contribution >= 4 is 56.0 Å². The Morgan fingerprint density at radius 3 is 2.48 bits per heavy atom. The van der Waals surface area contributed by atoms with Gasteiger partial charge in [0.1, 0.15) is 4.88 Å². The summed E-state index contributed by atoms with van der Waals surface area (Å²) < 4.78 is 3.17. The average molecular weight is 444 g/mol. The van der Waals surface area contributed by atoms with Crippen molar-refractivity contribution in [1.29, 1.82) is 0 Å². The minimum atomic E-state index is -0.310. The van der Waals surface area contributed by atoms with E-state index in [0.29, 0.717) is 9.90 Å². The monoisotopic (exact) mass is 443 g/mol. The second-order valence-electron chi connectivity index (χ2n) is 7.16. The van der Waals surface area contributed by atoms with E-state index in [9.17, 15) is 4.79 Å². The van der Waals surface area contributed by atoms with Crippen molar-refractivity contribution in [2.75, 3.05) is 0 Å². The van der Waals surface area contributed by atoms with Gasteiger partial charge in [0.2, 0.25) is 0 Å². The van der Waals surface area contributed by atoms with E-state index >= 15 is 0 Å². The Morgan fingerprint density at radius 2 is 1.68 bits per heavy atom. The lowest BCUT2D eigenvalue weighted by Gasteiger charge is -2.05. The molecule has 0 aliphatic rings. The third-order valence-corrected chi connectivity index (χ3v) is 6.80. The van der Waals surface area contributed by atoms with Gasteiger partial charge in [-0.05, 0) is 17.7 Å². The zero-order valence-corrected chi connectivity index (χ0v) is 18.0. The fraction of sp³-hybridized carbons (Fsp3) is 0.0400. The summed E-state index contributed by atoms with van der Waals surface area (Å²) in [7, 11) is 0. The zero-order valence-electron chi connectivity index (χ0n) is 16.5. The number of carbonyl (C=O) groups excluding carboxylic acids is 1. The number of hydrogen-bond donors (Lipinski definition) is 1. The standard InChI is InChI=1S/C25H18ClN3OS/c26-23-20-11-5-7-13-22(20)31-24(23)25(30)28-27-14-18-16-29(15-17-8-2-1-3-9-17)21-12-6-4-10-19(18)21/h1-14,16H,15H2,(H,28,30). The van der Waals surface area contributed by atoms with Crippen molar-refractivity contribution in [1.82, 2.24) is 9.99 Å². The Bertz CT molecular complexity index is 1420. The third kappa shape index (κ3) is 3.85. The van der Waals surface area contributed by atoms with Gasteiger partial charge in [-0.1, -0.05) is 78.3 Å². The Labute approximate surface area is 188 Å². The Hall–Kier alpha value is -3.41. The molecule has 5 rings (SSSR count). The summed E-state index contributed by atoms with van der Waals surface area (Å²) in [5.74, 6) is -0.310. The summed E-state index contributed by atoms with van der Waals surface area (Å²) in [5.41, 5.74) is 5.90. The molecule has 152 valence electrons. The summed E-state index contributed by atoms with van der Waals surface area (Å²) in [6.45, 7) is 0.763. The maximum Gasteiger partial charge on any atom is 0.283 e. The number of carbonyl (C=O) groups is 1. The van der Waals surface area contributed by atoms with Crippen LogP contribution in [0.3, 0.4) is 0 Å². The van der Waals surface area contributed by atoms with E-state index in [1.807, 2.05) is 54.6 Å². The zero-order chi connectivity index (χ0) is 21.2. The van der Waals surface area contributed by atoms with E-state index < -0.39 is 0 Å². The van der Waals surface area contributed by atoms with Crippen LogP contribution in [0, 0.1) is 0 Å². The molecule has 0 saturated carbocycles. The summed E-state index contributed by atoms with van der Waals surface area (Å²) >= 11 is 7.76. The van der Waals surface area contributed by atoms with Gasteiger partial charge >= 0.3 is 0 Å². The molecule has 0 aliphatic heterocycles. The molecule has 1 N–H and O–H groups in total. The molecular formula is C25H18ClN3OS. The molecular weight excluding hydrogens is 426 g/mol. The van der Waals surface area contributed by atoms with Gasteiger partial charge in [0.25, 0.3) is 5.91 Å². The number of fused-ring (bicyclic) bond motifs is 2. The third-order valence-electron chi connectivity index (χ3n) is 5.13. The van der Waals surface area contributed by atoms with Crippen molar-refractivity contribution in [2.45, 2.75) is 6.54 Å². The topological polar surface area (TPSA) is 46.4 Å². The minimum Gasteiger partial charge on any atom is -0.342 e. The predicted molar refractivity (Wildman–Crippen MR) is 129 cm³/mol. The molecule has 1 amide bonds. The lowest BCUT2D eigenvalue weighted by Crippen LogP contribution is -2.16. The van der Waals surface area contributed by atoms with E-state index in [1.54, 1.807) is 6.21 Å². The van der Waals surface area contributed by atoms with Crippen molar-refractivity contribution in [3.05, 3.63) is 106 Å². The van der Waals surface area contributed by atoms with Gasteiger partial charge in [0.15, 0.2) is 0 Å². The second-order valence-corrected chi connectivity index (χ2v) is 8.59. The first-order valence-corrected chi connectivity index (χ1v) is 11.0. The number of hydrazone groups is 1. The van der Waals surface area contributed by atoms with Crippen molar-refractivity contribution < 1.29 is 4.79 Å². The predicted octanol–water partition coefficient (Wildman–Crippen LogP) is 6.32. The lowest BCUT2D eigenvalue weighted by molar-refractivity contribution is 0.0959. The fourth-order valence-corrected chi connectivity index (χ4v) is 5.07. The van der Waals surface area contributed by atoms with Crippen molar-refractivity contribution in [2.24, 2.45) is 5.10 Å². The molecule has 0 unspecified atom stereocenters. The minimum absolute atomic E-state index is 0.310. The number of thiophene rings is 1. The maximum absolute atomic E-state index is 12.6. The van der Waals surface area contributed by atoms with Crippen LogP contribution >= 0.6 is 22.9 Å². The average Bonchev–Trinajstić information content (AvgIpc) is 3.33. The molecule has 0 bridgehead atoms. The van der Waals surface area contributed by atoms with Crippen LogP contribution in [0.2, 0.25) is 5.02 Å². The van der Waals surface area contributed by atoms with Crippen molar-refractivity contribution in [3.8, 4) is 0 Å². The smallest absolute Gasteiger partial charge is 0.283 e. The van der Waals surface area contributed by atoms with E-state index in [0.717, 1.165) is 33.1 Å². The number of rotatable bonds is 5. The number of aromatic nitrogens is 1. The Kier molecular flexibility index (Phi) is 5.28. The van der Waals surface area contributed by atoms with Crippen LogP contribution < -0.4 is 5.43 Å². The molecule has 2 aromatic heterocycles. The van der Waals surface area contributed by atoms with E-state index in [1.165, 1.54) is 16.9 Å². The van der Waals surface area contributed by atoms with Crippen LogP contribution in [0.5, 0.6) is 0 Å². The van der Waals surface area contributed by atoms with Gasteiger partial charge < -0.3 is 4.57 Å². The maximum atomic E-state index is 12.6. The van der Waals surface area contributed by atoms with Crippen LogP contribution in [-0.4, -0.2) is 16.7 Å². The number of benzene rings is 3. The summed E-state index contributed by atoms with van der Waals surface area (Å²) in [4.78, 5) is 13.1. The number of amides is 1. The first-order valence-electron chi connectivity index (χ1n) is 9.83. The SMILES string of the molecule is O=C(NN=Cc1cn(Cc2ccccc2)c2ccccc12)c1sc2ccccc2c1Cl. The normalized spacial score (nSPS) is 11.5. The largest absolute Gasteiger partial charge is 0.342 e. The van der Waals surface area contributed by atoms with Crippen LogP contribution in [0.1, 0.15) is 20.8 Å². The molecule has 0 fully saturated rings. The lowest BCUT2D eigenvalue weighted by atomic mass is 10.2. The van der Waals surface area contributed by atoms with Crippen LogP contribution in [0.15, 0.2) is 90.2 Å². The number of halogens is 1. The number of nitrogens with zero attached hydrogens (tertiary/aromatic N) is 2. The summed E-state index contributed by atoms with van der Waals surface area (Å²) in [6, 6.07) is 26.2. The highest BCUT2D eigenvalue weighted by molar-refractivity contribution is 7.21. The van der Waals surface area contributed by atoms with Gasteiger partial charge in [-0.3, -0.25) is 4.79 Å². The molecule has 0 spiro atoms. The first-order chi connectivity index (χ1) is 15.2. The fourth-order valence-electron chi connectivity index (χ4n) is 3.66. The second kappa shape index (κ2) is 8.38. The molecule has 31 heavy (non-hydrogen) atoms. The first kappa shape index (κ1) is 19.5. The molecule has 3 aromatic carbocycles. The van der Waals surface area contributed by atoms with Gasteiger partial charge in [0.05, 0.1) is 11.2 Å².